The molecule has 1 nitrogen and oxygen atoms in total. The predicted molar refractivity (Wildman–Crippen MR) is 66.3 cm³/mol. The molecule has 0 spiro atoms. The van der Waals surface area contributed by atoms with E-state index in [4.69, 9.17) is 0 Å². The summed E-state index contributed by atoms with van der Waals surface area (Å²) in [6, 6.07) is 0. The summed E-state index contributed by atoms with van der Waals surface area (Å²) in [5.74, 6) is 0.149. The molecule has 1 heteroatoms. The Kier molecular flexibility index (Phi) is 7.06. The first-order valence-electron chi connectivity index (χ1n) is 5.67. The van der Waals surface area contributed by atoms with Gasteiger partial charge in [0.15, 0.2) is 0 Å². The maximum absolute atomic E-state index is 12.6. The molecule has 15 heavy (non-hydrogen) atoms. The van der Waals surface area contributed by atoms with Crippen molar-refractivity contribution in [1.29, 1.82) is 0 Å². The van der Waals surface area contributed by atoms with E-state index in [9.17, 15) is 5.11 Å². The van der Waals surface area contributed by atoms with Gasteiger partial charge in [-0.3, -0.25) is 0 Å². The average molecular weight is 207 g/mol. The van der Waals surface area contributed by atoms with Crippen LogP contribution in [0.2, 0.25) is 0 Å². The largest absolute Gasteiger partial charge is 0.228 e. The molecular weight excluding hydrogens is 184 g/mol. The Hall–Kier alpha value is -0.820. The van der Waals surface area contributed by atoms with E-state index >= 15 is 0 Å². The van der Waals surface area contributed by atoms with Gasteiger partial charge >= 0.3 is 0 Å². The molecule has 0 aromatic rings. The summed E-state index contributed by atoms with van der Waals surface area (Å²) in [4.78, 5) is 0. The summed E-state index contributed by atoms with van der Waals surface area (Å²) in [5.41, 5.74) is -0.937. The standard InChI is InChI=1S/C14H23O/c1-5-9-13(10-6-2)14(15,11-7-3)12-8-4/h5,7-8,13H,1,3-4,6,9-12H2,2H3. The van der Waals surface area contributed by atoms with Gasteiger partial charge in [0, 0.05) is 0 Å². The van der Waals surface area contributed by atoms with Gasteiger partial charge in [0.05, 0.1) is 0 Å². The van der Waals surface area contributed by atoms with Crippen LogP contribution in [0, 0.1) is 5.92 Å². The van der Waals surface area contributed by atoms with Crippen LogP contribution in [0.1, 0.15) is 39.0 Å². The molecule has 0 N–H and O–H groups in total. The highest BCUT2D eigenvalue weighted by atomic mass is 16.3. The number of hydrogen-bond acceptors (Lipinski definition) is 0. The Morgan fingerprint density at radius 2 is 1.67 bits per heavy atom. The summed E-state index contributed by atoms with van der Waals surface area (Å²) in [7, 11) is 0. The van der Waals surface area contributed by atoms with Crippen molar-refractivity contribution in [2.24, 2.45) is 5.92 Å². The fourth-order valence-electron chi connectivity index (χ4n) is 2.05. The normalized spacial score (nSPS) is 13.2. The van der Waals surface area contributed by atoms with E-state index in [1.54, 1.807) is 12.2 Å². The SMILES string of the molecule is C=CCC(CCC)C([O])(CC=C)CC=C. The van der Waals surface area contributed by atoms with Crippen LogP contribution in [0.25, 0.3) is 0 Å². The fourth-order valence-corrected chi connectivity index (χ4v) is 2.05. The molecule has 1 radical (unpaired) electrons. The van der Waals surface area contributed by atoms with Crippen molar-refractivity contribution in [2.45, 2.75) is 44.6 Å². The third-order valence-electron chi connectivity index (χ3n) is 2.81. The predicted octanol–water partition coefficient (Wildman–Crippen LogP) is 4.30. The van der Waals surface area contributed by atoms with Crippen LogP contribution in [-0.2, 0) is 5.11 Å². The minimum atomic E-state index is -0.937. The molecule has 0 rings (SSSR count). The molecule has 0 saturated carbocycles. The lowest BCUT2D eigenvalue weighted by Crippen LogP contribution is -2.35. The molecule has 0 aromatic carbocycles. The Balaban J connectivity index is 4.69. The lowest BCUT2D eigenvalue weighted by molar-refractivity contribution is -0.0756. The van der Waals surface area contributed by atoms with Crippen LogP contribution >= 0.6 is 0 Å². The van der Waals surface area contributed by atoms with Crippen molar-refractivity contribution in [2.75, 3.05) is 0 Å². The second kappa shape index (κ2) is 7.47. The van der Waals surface area contributed by atoms with Crippen molar-refractivity contribution in [1.82, 2.24) is 0 Å². The minimum Gasteiger partial charge on any atom is -0.228 e. The average Bonchev–Trinajstić information content (AvgIpc) is 2.18. The Bertz CT molecular complexity index is 195. The second-order valence-electron chi connectivity index (χ2n) is 4.06. The van der Waals surface area contributed by atoms with Gasteiger partial charge in [-0.1, -0.05) is 31.6 Å². The van der Waals surface area contributed by atoms with Crippen molar-refractivity contribution in [3.05, 3.63) is 38.0 Å². The van der Waals surface area contributed by atoms with E-state index < -0.39 is 5.60 Å². The van der Waals surface area contributed by atoms with Gasteiger partial charge in [0.1, 0.15) is 5.60 Å². The summed E-state index contributed by atoms with van der Waals surface area (Å²) in [5, 5.41) is 12.6. The maximum Gasteiger partial charge on any atom is 0.113 e. The molecule has 0 amide bonds. The minimum absolute atomic E-state index is 0.149. The van der Waals surface area contributed by atoms with Gasteiger partial charge < -0.3 is 0 Å². The third kappa shape index (κ3) is 4.48. The molecule has 1 unspecified atom stereocenters. The van der Waals surface area contributed by atoms with Gasteiger partial charge in [-0.05, 0) is 31.6 Å². The molecule has 0 heterocycles. The van der Waals surface area contributed by atoms with E-state index in [-0.39, 0.29) is 5.92 Å². The van der Waals surface area contributed by atoms with Crippen LogP contribution in [0.5, 0.6) is 0 Å². The zero-order valence-electron chi connectivity index (χ0n) is 9.87. The topological polar surface area (TPSA) is 19.9 Å². The van der Waals surface area contributed by atoms with E-state index in [1.165, 1.54) is 0 Å². The van der Waals surface area contributed by atoms with E-state index in [2.05, 4.69) is 26.7 Å². The van der Waals surface area contributed by atoms with Crippen molar-refractivity contribution in [3.63, 3.8) is 0 Å². The first-order valence-corrected chi connectivity index (χ1v) is 5.67. The summed E-state index contributed by atoms with van der Waals surface area (Å²) in [6.45, 7) is 13.2. The van der Waals surface area contributed by atoms with E-state index in [0.29, 0.717) is 12.8 Å². The summed E-state index contributed by atoms with van der Waals surface area (Å²) in [6.07, 6.45) is 9.10. The molecular formula is C14H23O. The van der Waals surface area contributed by atoms with Crippen LogP contribution in [0.4, 0.5) is 0 Å². The monoisotopic (exact) mass is 207 g/mol. The zero-order valence-corrected chi connectivity index (χ0v) is 9.87. The van der Waals surface area contributed by atoms with Crippen molar-refractivity contribution >= 4 is 0 Å². The lowest BCUT2D eigenvalue weighted by Gasteiger charge is -2.32. The Morgan fingerprint density at radius 3 is 2.00 bits per heavy atom. The molecule has 0 aliphatic carbocycles. The first kappa shape index (κ1) is 14.2. The van der Waals surface area contributed by atoms with Gasteiger partial charge in [-0.15, -0.1) is 19.7 Å². The Labute approximate surface area is 94.2 Å². The molecule has 0 saturated heterocycles. The third-order valence-corrected chi connectivity index (χ3v) is 2.81. The van der Waals surface area contributed by atoms with E-state index in [0.717, 1.165) is 19.3 Å². The highest BCUT2D eigenvalue weighted by Gasteiger charge is 2.34. The molecule has 0 bridgehead atoms. The molecule has 85 valence electrons. The van der Waals surface area contributed by atoms with Gasteiger partial charge in [-0.25, -0.2) is 5.11 Å². The molecule has 0 fully saturated rings. The lowest BCUT2D eigenvalue weighted by atomic mass is 9.77. The number of allylic oxidation sites excluding steroid dienone is 1. The fraction of sp³-hybridized carbons (Fsp3) is 0.571. The molecule has 1 atom stereocenters. The number of hydrogen-bond donors (Lipinski definition) is 0. The van der Waals surface area contributed by atoms with Crippen molar-refractivity contribution in [3.8, 4) is 0 Å². The van der Waals surface area contributed by atoms with Crippen LogP contribution in [-0.4, -0.2) is 5.60 Å². The van der Waals surface area contributed by atoms with Gasteiger partial charge in [-0.2, -0.15) is 0 Å². The van der Waals surface area contributed by atoms with Crippen LogP contribution < -0.4 is 0 Å². The van der Waals surface area contributed by atoms with E-state index in [1.807, 2.05) is 6.08 Å². The molecule has 0 aliphatic rings. The van der Waals surface area contributed by atoms with Crippen molar-refractivity contribution < 1.29 is 5.11 Å². The summed E-state index contributed by atoms with van der Waals surface area (Å²) >= 11 is 0. The first-order chi connectivity index (χ1) is 7.14. The van der Waals surface area contributed by atoms with Gasteiger partial charge in [0.2, 0.25) is 0 Å². The maximum atomic E-state index is 12.6. The quantitative estimate of drug-likeness (QED) is 0.502. The highest BCUT2D eigenvalue weighted by Crippen LogP contribution is 2.33. The molecule has 0 aromatic heterocycles. The Morgan fingerprint density at radius 1 is 1.13 bits per heavy atom. The number of rotatable bonds is 9. The van der Waals surface area contributed by atoms with Crippen LogP contribution in [0.15, 0.2) is 38.0 Å². The zero-order chi connectivity index (χ0) is 11.7. The highest BCUT2D eigenvalue weighted by molar-refractivity contribution is 4.97. The molecule has 0 aliphatic heterocycles. The smallest absolute Gasteiger partial charge is 0.113 e. The second-order valence-corrected chi connectivity index (χ2v) is 4.06. The van der Waals surface area contributed by atoms with Gasteiger partial charge in [0.25, 0.3) is 0 Å². The van der Waals surface area contributed by atoms with Crippen LogP contribution in [0.3, 0.4) is 0 Å². The summed E-state index contributed by atoms with van der Waals surface area (Å²) < 4.78 is 0.